The van der Waals surface area contributed by atoms with E-state index >= 15 is 0 Å². The van der Waals surface area contributed by atoms with E-state index in [1.807, 2.05) is 0 Å². The molecule has 0 fully saturated rings. The maximum absolute atomic E-state index is 2.23. The molecule has 0 atom stereocenters. The Morgan fingerprint density at radius 1 is 0.429 bits per heavy atom. The quantitative estimate of drug-likeness (QED) is 0.285. The second kappa shape index (κ2) is 19.3. The molecule has 3 rings (SSSR count). The fourth-order valence-electron chi connectivity index (χ4n) is 2.88. The molecule has 0 bridgehead atoms. The van der Waals surface area contributed by atoms with E-state index in [1.165, 1.54) is 74.5 Å². The number of hydrogen-bond acceptors (Lipinski definition) is 0. The van der Waals surface area contributed by atoms with Gasteiger partial charge in [0.2, 0.25) is 0 Å². The van der Waals surface area contributed by atoms with Crippen LogP contribution in [0.25, 0.3) is 0 Å². The monoisotopic (exact) mass is 453 g/mol. The first-order valence-corrected chi connectivity index (χ1v) is 10.9. The van der Waals surface area contributed by atoms with E-state index in [9.17, 15) is 0 Å². The zero-order chi connectivity index (χ0) is 19.6. The van der Waals surface area contributed by atoms with Crippen molar-refractivity contribution >= 4 is 0 Å². The molecule has 28 heavy (non-hydrogen) atoms. The van der Waals surface area contributed by atoms with Crippen molar-refractivity contribution in [2.24, 2.45) is 0 Å². The Labute approximate surface area is 193 Å². The number of unbranched alkanes of at least 4 members (excludes halogenated alkanes) is 3. The van der Waals surface area contributed by atoms with Crippen LogP contribution in [-0.2, 0) is 45.5 Å². The van der Waals surface area contributed by atoms with Crippen molar-refractivity contribution in [3.05, 3.63) is 89.5 Å². The summed E-state index contributed by atoms with van der Waals surface area (Å²) in [5, 5.41) is 0. The molecular formula is C27H39Zr. The molecule has 0 spiro atoms. The minimum atomic E-state index is 0. The van der Waals surface area contributed by atoms with Crippen molar-refractivity contribution in [1.82, 2.24) is 0 Å². The van der Waals surface area contributed by atoms with Gasteiger partial charge in [0.15, 0.2) is 0 Å². The normalized spacial score (nSPS) is 9.54. The molecule has 0 heterocycles. The van der Waals surface area contributed by atoms with Crippen molar-refractivity contribution in [2.45, 2.75) is 78.6 Å². The van der Waals surface area contributed by atoms with Gasteiger partial charge in [-0.3, -0.25) is 0 Å². The van der Waals surface area contributed by atoms with Crippen LogP contribution < -0.4 is 0 Å². The van der Waals surface area contributed by atoms with Crippen molar-refractivity contribution in [3.8, 4) is 0 Å². The van der Waals surface area contributed by atoms with Crippen molar-refractivity contribution < 1.29 is 26.2 Å². The van der Waals surface area contributed by atoms with E-state index in [0.717, 1.165) is 0 Å². The summed E-state index contributed by atoms with van der Waals surface area (Å²) >= 11 is 0. The van der Waals surface area contributed by atoms with Crippen LogP contribution in [0.1, 0.15) is 76.0 Å². The Morgan fingerprint density at radius 2 is 0.643 bits per heavy atom. The predicted octanol–water partition coefficient (Wildman–Crippen LogP) is 8.24. The Kier molecular flexibility index (Phi) is 18.5. The van der Waals surface area contributed by atoms with Gasteiger partial charge in [0.25, 0.3) is 0 Å². The van der Waals surface area contributed by atoms with E-state index < -0.39 is 0 Å². The molecule has 0 nitrogen and oxygen atoms in total. The van der Waals surface area contributed by atoms with E-state index in [4.69, 9.17) is 0 Å². The Hall–Kier alpha value is -1.07. The van der Waals surface area contributed by atoms with Gasteiger partial charge in [0.1, 0.15) is 0 Å². The first kappa shape index (κ1) is 26.9. The van der Waals surface area contributed by atoms with Gasteiger partial charge in [-0.05, 0) is 0 Å². The third kappa shape index (κ3) is 14.0. The number of hydrogen-bond donors (Lipinski definition) is 0. The van der Waals surface area contributed by atoms with Crippen LogP contribution in [0.15, 0.2) is 72.8 Å². The SMILES string of the molecule is CCCC[c-]1cccc1.CCCC[c-]1cccc1.CCCC[c-]1cccc1.[Zr+3]. The molecule has 3 aromatic rings. The molecule has 1 heteroatoms. The molecule has 0 aromatic heterocycles. The van der Waals surface area contributed by atoms with Crippen LogP contribution in [-0.4, -0.2) is 0 Å². The van der Waals surface area contributed by atoms with Gasteiger partial charge in [0, 0.05) is 0 Å². The molecule has 0 aliphatic carbocycles. The van der Waals surface area contributed by atoms with Crippen LogP contribution in [0.5, 0.6) is 0 Å². The third-order valence-corrected chi connectivity index (χ3v) is 4.65. The predicted molar refractivity (Wildman–Crippen MR) is 122 cm³/mol. The number of rotatable bonds is 9. The molecule has 0 amide bonds. The minimum absolute atomic E-state index is 0. The Morgan fingerprint density at radius 3 is 0.821 bits per heavy atom. The summed E-state index contributed by atoms with van der Waals surface area (Å²) in [7, 11) is 0. The summed E-state index contributed by atoms with van der Waals surface area (Å²) in [5.41, 5.74) is 4.45. The van der Waals surface area contributed by atoms with Crippen LogP contribution in [0.2, 0.25) is 0 Å². The van der Waals surface area contributed by atoms with Crippen molar-refractivity contribution in [3.63, 3.8) is 0 Å². The molecule has 3 aromatic carbocycles. The molecule has 0 saturated heterocycles. The van der Waals surface area contributed by atoms with Crippen LogP contribution in [0.3, 0.4) is 0 Å². The van der Waals surface area contributed by atoms with Gasteiger partial charge in [-0.25, -0.2) is 36.4 Å². The molecule has 151 valence electrons. The molecular weight excluding hydrogens is 416 g/mol. The van der Waals surface area contributed by atoms with E-state index in [2.05, 4.69) is 93.6 Å². The van der Waals surface area contributed by atoms with Crippen LogP contribution in [0.4, 0.5) is 0 Å². The van der Waals surface area contributed by atoms with Gasteiger partial charge in [0.05, 0.1) is 0 Å². The summed E-state index contributed by atoms with van der Waals surface area (Å²) in [6, 6.07) is 25.8. The molecule has 0 unspecified atom stereocenters. The summed E-state index contributed by atoms with van der Waals surface area (Å²) in [6.45, 7) is 6.68. The molecule has 0 aliphatic heterocycles. The average molecular weight is 455 g/mol. The molecule has 0 N–H and O–H groups in total. The topological polar surface area (TPSA) is 0 Å². The summed E-state index contributed by atoms with van der Waals surface area (Å²) in [6.07, 6.45) is 11.6. The van der Waals surface area contributed by atoms with Crippen molar-refractivity contribution in [1.29, 1.82) is 0 Å². The zero-order valence-electron chi connectivity index (χ0n) is 18.3. The minimum Gasteiger partial charge on any atom is -0.213 e. The van der Waals surface area contributed by atoms with Crippen LogP contribution in [0, 0.1) is 0 Å². The van der Waals surface area contributed by atoms with E-state index in [0.29, 0.717) is 0 Å². The Balaban J connectivity index is 0.000000384. The van der Waals surface area contributed by atoms with Crippen LogP contribution >= 0.6 is 0 Å². The summed E-state index contributed by atoms with van der Waals surface area (Å²) in [5.74, 6) is 0. The first-order chi connectivity index (χ1) is 13.3. The zero-order valence-corrected chi connectivity index (χ0v) is 20.8. The van der Waals surface area contributed by atoms with Gasteiger partial charge < -0.3 is 0 Å². The second-order valence-corrected chi connectivity index (χ2v) is 7.19. The summed E-state index contributed by atoms with van der Waals surface area (Å²) in [4.78, 5) is 0. The first-order valence-electron chi connectivity index (χ1n) is 10.9. The van der Waals surface area contributed by atoms with E-state index in [1.54, 1.807) is 0 Å². The van der Waals surface area contributed by atoms with Gasteiger partial charge in [-0.1, -0.05) is 78.6 Å². The fourth-order valence-corrected chi connectivity index (χ4v) is 2.88. The summed E-state index contributed by atoms with van der Waals surface area (Å²) < 4.78 is 0. The third-order valence-electron chi connectivity index (χ3n) is 4.65. The van der Waals surface area contributed by atoms with Gasteiger partial charge >= 0.3 is 26.2 Å². The van der Waals surface area contributed by atoms with Gasteiger partial charge in [-0.2, -0.15) is 53.1 Å². The smallest absolute Gasteiger partial charge is 0.213 e. The van der Waals surface area contributed by atoms with Gasteiger partial charge in [-0.15, -0.1) is 0 Å². The van der Waals surface area contributed by atoms with Crippen molar-refractivity contribution in [2.75, 3.05) is 0 Å². The maximum Gasteiger partial charge on any atom is 3.00 e. The maximum atomic E-state index is 2.23. The molecule has 0 aliphatic rings. The fraction of sp³-hybridized carbons (Fsp3) is 0.444. The largest absolute Gasteiger partial charge is 3.00 e. The standard InChI is InChI=1S/3C9H13.Zr/c3*1-2-3-6-9-7-4-5-8-9;/h3*4-5,7-8H,2-3,6H2,1H3;/q3*-1;+3. The molecule has 0 saturated carbocycles. The molecule has 1 radical (unpaired) electrons. The number of aryl methyl sites for hydroxylation is 3. The second-order valence-electron chi connectivity index (χ2n) is 7.19. The van der Waals surface area contributed by atoms with E-state index in [-0.39, 0.29) is 26.2 Å². The average Bonchev–Trinajstić information content (AvgIpc) is 3.47. The Bertz CT molecular complexity index is 508.